The average Bonchev–Trinajstić information content (AvgIpc) is 2.43. The average molecular weight is 382 g/mol. The van der Waals surface area contributed by atoms with Crippen molar-refractivity contribution in [1.29, 1.82) is 0 Å². The van der Waals surface area contributed by atoms with E-state index in [1.807, 2.05) is 5.32 Å². The summed E-state index contributed by atoms with van der Waals surface area (Å²) < 4.78 is 41.9. The maximum atomic E-state index is 11.6. The number of carbonyl (C=O) groups excluding carboxylic acids is 1. The van der Waals surface area contributed by atoms with Crippen LogP contribution in [0.3, 0.4) is 0 Å². The van der Waals surface area contributed by atoms with Crippen molar-refractivity contribution < 1.29 is 58.9 Å². The number of phosphoric ester groups is 1. The van der Waals surface area contributed by atoms with E-state index in [-0.39, 0.29) is 0 Å². The van der Waals surface area contributed by atoms with Gasteiger partial charge >= 0.3 is 15.6 Å². The summed E-state index contributed by atoms with van der Waals surface area (Å²) in [5, 5.41) is 30.7. The summed E-state index contributed by atoms with van der Waals surface area (Å²) in [6.45, 7) is -1.66. The van der Waals surface area contributed by atoms with Gasteiger partial charge in [-0.05, 0) is 0 Å². The number of phosphoric acid groups is 2. The zero-order valence-corrected chi connectivity index (χ0v) is 13.1. The molecule has 23 heavy (non-hydrogen) atoms. The van der Waals surface area contributed by atoms with E-state index in [0.717, 1.165) is 0 Å². The molecule has 1 fully saturated rings. The van der Waals surface area contributed by atoms with Gasteiger partial charge in [-0.1, -0.05) is 0 Å². The third-order valence-corrected chi connectivity index (χ3v) is 4.81. The standard InChI is InChI=1S/C8H17NO12P2/c1-3(11)9-5-7(13)6(12)4(2-10)19-8(5)20-23(17,18)21-22(14,15)16/h4-8,10,12-13H,2H2,1H3,(H,9,11)(H,17,18)(H2,14,15,16)/t4-,5+,6-,7-,8?/m1/s1/i1D. The fraction of sp³-hybridized carbons (Fsp3) is 0.875. The zero-order valence-electron chi connectivity index (χ0n) is 12.3. The molecule has 13 nitrogen and oxygen atoms in total. The molecule has 1 aliphatic heterocycles. The molecule has 15 heteroatoms. The van der Waals surface area contributed by atoms with Crippen molar-refractivity contribution in [3.63, 3.8) is 0 Å². The number of aliphatic hydroxyl groups excluding tert-OH is 3. The third kappa shape index (κ3) is 6.18. The Bertz CT molecular complexity index is 541. The Hall–Kier alpha value is -0.430. The lowest BCUT2D eigenvalue weighted by Gasteiger charge is -2.42. The highest BCUT2D eigenvalue weighted by atomic mass is 31.3. The Morgan fingerprint density at radius 1 is 1.30 bits per heavy atom. The summed E-state index contributed by atoms with van der Waals surface area (Å²) in [6.07, 6.45) is -7.11. The SMILES string of the molecule is [2H]CC(=O)N[C@@H]1C(OP(=O)(O)OP(=O)(O)O)O[C@H](CO)[C@@H](O)[C@@H]1O. The van der Waals surface area contributed by atoms with Crippen molar-refractivity contribution >= 4 is 21.6 Å². The predicted molar refractivity (Wildman–Crippen MR) is 69.4 cm³/mol. The molecule has 1 saturated heterocycles. The molecule has 7 N–H and O–H groups in total. The zero-order chi connectivity index (χ0) is 18.7. The summed E-state index contributed by atoms with van der Waals surface area (Å²) in [4.78, 5) is 37.7. The number of aliphatic hydroxyl groups is 3. The van der Waals surface area contributed by atoms with E-state index in [9.17, 15) is 29.0 Å². The lowest BCUT2D eigenvalue weighted by atomic mass is 9.97. The van der Waals surface area contributed by atoms with Gasteiger partial charge in [-0.15, -0.1) is 0 Å². The van der Waals surface area contributed by atoms with Crippen molar-refractivity contribution in [3.8, 4) is 0 Å². The first-order valence-electron chi connectivity index (χ1n) is 6.60. The molecule has 1 aliphatic rings. The molecule has 0 aromatic carbocycles. The van der Waals surface area contributed by atoms with Gasteiger partial charge in [-0.3, -0.25) is 9.32 Å². The minimum atomic E-state index is -5.43. The first-order valence-corrected chi connectivity index (χ1v) is 8.92. The van der Waals surface area contributed by atoms with Gasteiger partial charge in [0.2, 0.25) is 5.91 Å². The molecule has 0 aliphatic carbocycles. The van der Waals surface area contributed by atoms with Crippen LogP contribution in [0.25, 0.3) is 0 Å². The number of hydrogen-bond donors (Lipinski definition) is 7. The maximum Gasteiger partial charge on any atom is 0.483 e. The quantitative estimate of drug-likeness (QED) is 0.231. The number of ether oxygens (including phenoxy) is 1. The number of hydrogen-bond acceptors (Lipinski definition) is 9. The predicted octanol–water partition coefficient (Wildman–Crippen LogP) is -2.84. The summed E-state index contributed by atoms with van der Waals surface area (Å²) in [6, 6.07) is -1.69. The summed E-state index contributed by atoms with van der Waals surface area (Å²) >= 11 is 0. The minimum absolute atomic E-state index is 0.800. The van der Waals surface area contributed by atoms with Crippen molar-refractivity contribution in [1.82, 2.24) is 5.32 Å². The molecule has 0 aromatic heterocycles. The largest absolute Gasteiger partial charge is 0.483 e. The van der Waals surface area contributed by atoms with Gasteiger partial charge in [0.1, 0.15) is 24.4 Å². The molecule has 1 heterocycles. The van der Waals surface area contributed by atoms with E-state index in [1.165, 1.54) is 0 Å². The molecule has 0 spiro atoms. The highest BCUT2D eigenvalue weighted by molar-refractivity contribution is 7.60. The first kappa shape index (κ1) is 18.9. The summed E-state index contributed by atoms with van der Waals surface area (Å²) in [5.41, 5.74) is 0. The molecular weight excluding hydrogens is 364 g/mol. The molecule has 0 bridgehead atoms. The first-order chi connectivity index (χ1) is 10.9. The van der Waals surface area contributed by atoms with Crippen molar-refractivity contribution in [2.75, 3.05) is 6.61 Å². The van der Waals surface area contributed by atoms with Crippen LogP contribution in [0, 0.1) is 0 Å². The van der Waals surface area contributed by atoms with Gasteiger partial charge in [0.25, 0.3) is 0 Å². The Labute approximate surface area is 131 Å². The molecule has 2 unspecified atom stereocenters. The van der Waals surface area contributed by atoms with E-state index in [2.05, 4.69) is 8.83 Å². The van der Waals surface area contributed by atoms with Crippen LogP contribution in [0.1, 0.15) is 8.27 Å². The Morgan fingerprint density at radius 2 is 1.91 bits per heavy atom. The molecule has 0 aromatic rings. The van der Waals surface area contributed by atoms with Crippen molar-refractivity contribution in [3.05, 3.63) is 0 Å². The van der Waals surface area contributed by atoms with E-state index < -0.39 is 65.7 Å². The van der Waals surface area contributed by atoms with Crippen LogP contribution in [-0.4, -0.2) is 73.2 Å². The second-order valence-corrected chi connectivity index (χ2v) is 7.23. The second-order valence-electron chi connectivity index (χ2n) is 4.45. The van der Waals surface area contributed by atoms with Crippen LogP contribution in [-0.2, 0) is 27.5 Å². The van der Waals surface area contributed by atoms with Crippen LogP contribution in [0.5, 0.6) is 0 Å². The molecule has 1 amide bonds. The van der Waals surface area contributed by atoms with Crippen LogP contribution < -0.4 is 5.32 Å². The molecule has 0 saturated carbocycles. The number of carbonyl (C=O) groups is 1. The van der Waals surface area contributed by atoms with Gasteiger partial charge in [0, 0.05) is 8.27 Å². The van der Waals surface area contributed by atoms with Crippen molar-refractivity contribution in [2.45, 2.75) is 37.5 Å². The lowest BCUT2D eigenvalue weighted by Crippen LogP contribution is -2.64. The smallest absolute Gasteiger partial charge is 0.394 e. The maximum absolute atomic E-state index is 11.6. The van der Waals surface area contributed by atoms with Crippen LogP contribution in [0.2, 0.25) is 0 Å². The minimum Gasteiger partial charge on any atom is -0.394 e. The number of rotatable bonds is 6. The highest BCUT2D eigenvalue weighted by Gasteiger charge is 2.48. The van der Waals surface area contributed by atoms with Gasteiger partial charge in [-0.25, -0.2) is 9.13 Å². The van der Waals surface area contributed by atoms with Gasteiger partial charge in [0.15, 0.2) is 6.29 Å². The number of amides is 1. The Morgan fingerprint density at radius 3 is 2.39 bits per heavy atom. The van der Waals surface area contributed by atoms with E-state index in [1.54, 1.807) is 0 Å². The van der Waals surface area contributed by atoms with Crippen LogP contribution in [0.4, 0.5) is 0 Å². The van der Waals surface area contributed by atoms with Crippen molar-refractivity contribution in [2.24, 2.45) is 0 Å². The molecule has 1 rings (SSSR count). The molecule has 6 atom stereocenters. The van der Waals surface area contributed by atoms with Crippen LogP contribution >= 0.6 is 15.6 Å². The normalized spacial score (nSPS) is 35.2. The molecule has 136 valence electrons. The van der Waals surface area contributed by atoms with E-state index in [0.29, 0.717) is 0 Å². The van der Waals surface area contributed by atoms with Crippen LogP contribution in [0.15, 0.2) is 0 Å². The monoisotopic (exact) mass is 382 g/mol. The Kier molecular flexibility index (Phi) is 6.28. The Balaban J connectivity index is 3.01. The molecule has 0 radical (unpaired) electrons. The summed E-state index contributed by atoms with van der Waals surface area (Å²) in [5.74, 6) is -0.977. The van der Waals surface area contributed by atoms with Gasteiger partial charge in [0.05, 0.1) is 6.61 Å². The topological polar surface area (TPSA) is 212 Å². The second kappa shape index (κ2) is 7.64. The molecular formula is C8H17NO12P2. The van der Waals surface area contributed by atoms with E-state index in [4.69, 9.17) is 21.0 Å². The van der Waals surface area contributed by atoms with Gasteiger partial charge < -0.3 is 40.1 Å². The van der Waals surface area contributed by atoms with E-state index >= 15 is 0 Å². The third-order valence-electron chi connectivity index (χ3n) is 2.66. The van der Waals surface area contributed by atoms with Gasteiger partial charge in [-0.2, -0.15) is 4.31 Å². The summed E-state index contributed by atoms with van der Waals surface area (Å²) in [7, 11) is -10.8. The highest BCUT2D eigenvalue weighted by Crippen LogP contribution is 2.58. The fourth-order valence-corrected chi connectivity index (χ4v) is 3.47. The fourth-order valence-electron chi connectivity index (χ4n) is 1.80. The lowest BCUT2D eigenvalue weighted by molar-refractivity contribution is -0.247. The number of nitrogens with one attached hydrogen (secondary N) is 1.